The number of nitrogens with one attached hydrogen (secondary N) is 1. The minimum atomic E-state index is -4.31. The molecule has 3 rings (SSSR count). The van der Waals surface area contributed by atoms with Crippen molar-refractivity contribution in [1.29, 1.82) is 0 Å². The average Bonchev–Trinajstić information content (AvgIpc) is 2.87. The lowest BCUT2D eigenvalue weighted by Gasteiger charge is -2.29. The largest absolute Gasteiger partial charge is 0.486 e. The number of allylic oxidation sites excluding steroid dienone is 10. The molecule has 1 N–H and O–H groups in total. The zero-order valence-electron chi connectivity index (χ0n) is 16.4. The van der Waals surface area contributed by atoms with Crippen LogP contribution in [0.25, 0.3) is 0 Å². The number of hydrogen-bond donors (Lipinski definition) is 1. The molecule has 6 heteroatoms. The van der Waals surface area contributed by atoms with E-state index >= 15 is 0 Å². The molecule has 1 fully saturated rings. The van der Waals surface area contributed by atoms with E-state index in [0.29, 0.717) is 18.1 Å². The maximum atomic E-state index is 14.0. The molecule has 0 aromatic carbocycles. The Morgan fingerprint density at radius 3 is 2.66 bits per heavy atom. The van der Waals surface area contributed by atoms with Crippen LogP contribution < -0.4 is 5.32 Å². The molecule has 3 aliphatic rings. The second-order valence-electron chi connectivity index (χ2n) is 7.61. The molecule has 0 radical (unpaired) electrons. The molecular formula is C23H27F4NO. The summed E-state index contributed by atoms with van der Waals surface area (Å²) in [7, 11) is 0. The van der Waals surface area contributed by atoms with Crippen LogP contribution >= 0.6 is 0 Å². The fourth-order valence-corrected chi connectivity index (χ4v) is 3.82. The Labute approximate surface area is 169 Å². The average molecular weight is 409 g/mol. The van der Waals surface area contributed by atoms with E-state index in [1.54, 1.807) is 18.2 Å². The zero-order chi connectivity index (χ0) is 20.7. The van der Waals surface area contributed by atoms with E-state index in [0.717, 1.165) is 37.9 Å². The van der Waals surface area contributed by atoms with E-state index in [9.17, 15) is 17.6 Å². The van der Waals surface area contributed by atoms with E-state index in [1.165, 1.54) is 24.3 Å². The molecule has 1 heterocycles. The minimum Gasteiger partial charge on any atom is -0.486 e. The third-order valence-electron chi connectivity index (χ3n) is 5.43. The molecule has 1 atom stereocenters. The van der Waals surface area contributed by atoms with Crippen LogP contribution in [0.1, 0.15) is 38.5 Å². The van der Waals surface area contributed by atoms with Crippen molar-refractivity contribution in [1.82, 2.24) is 5.32 Å². The van der Waals surface area contributed by atoms with Crippen LogP contribution in [0.15, 0.2) is 71.3 Å². The second-order valence-corrected chi connectivity index (χ2v) is 7.61. The molecular weight excluding hydrogens is 382 g/mol. The molecule has 1 aliphatic heterocycles. The Morgan fingerprint density at radius 2 is 1.90 bits per heavy atom. The third-order valence-corrected chi connectivity index (χ3v) is 5.43. The highest BCUT2D eigenvalue weighted by atomic mass is 19.4. The van der Waals surface area contributed by atoms with Crippen LogP contribution in [-0.4, -0.2) is 25.4 Å². The first-order valence-corrected chi connectivity index (χ1v) is 10.1. The Bertz CT molecular complexity index is 749. The van der Waals surface area contributed by atoms with Crippen LogP contribution in [0.5, 0.6) is 0 Å². The molecule has 0 amide bonds. The van der Waals surface area contributed by atoms with Gasteiger partial charge in [0.1, 0.15) is 17.7 Å². The van der Waals surface area contributed by atoms with Gasteiger partial charge in [0, 0.05) is 5.57 Å². The van der Waals surface area contributed by atoms with Crippen LogP contribution in [0.2, 0.25) is 0 Å². The Hall–Kier alpha value is -2.08. The summed E-state index contributed by atoms with van der Waals surface area (Å²) in [6.45, 7) is 1.91. The highest BCUT2D eigenvalue weighted by Crippen LogP contribution is 2.32. The molecule has 2 aliphatic carbocycles. The van der Waals surface area contributed by atoms with E-state index < -0.39 is 11.7 Å². The predicted octanol–water partition coefficient (Wildman–Crippen LogP) is 6.22. The Kier molecular flexibility index (Phi) is 7.53. The van der Waals surface area contributed by atoms with Gasteiger partial charge in [0.05, 0.1) is 0 Å². The van der Waals surface area contributed by atoms with Crippen molar-refractivity contribution in [3.8, 4) is 0 Å². The number of ether oxygens (including phenoxy) is 1. The minimum absolute atomic E-state index is 0.155. The van der Waals surface area contributed by atoms with Gasteiger partial charge in [-0.25, -0.2) is 4.39 Å². The van der Waals surface area contributed by atoms with E-state index in [-0.39, 0.29) is 24.8 Å². The molecule has 158 valence electrons. The van der Waals surface area contributed by atoms with Crippen molar-refractivity contribution < 1.29 is 22.3 Å². The molecule has 2 nitrogen and oxygen atoms in total. The van der Waals surface area contributed by atoms with Gasteiger partial charge in [0.2, 0.25) is 0 Å². The smallest absolute Gasteiger partial charge is 0.412 e. The monoisotopic (exact) mass is 409 g/mol. The lowest BCUT2D eigenvalue weighted by atomic mass is 9.88. The number of alkyl halides is 3. The van der Waals surface area contributed by atoms with Crippen molar-refractivity contribution in [2.45, 2.75) is 50.8 Å². The van der Waals surface area contributed by atoms with Gasteiger partial charge in [-0.15, -0.1) is 0 Å². The van der Waals surface area contributed by atoms with Gasteiger partial charge >= 0.3 is 6.18 Å². The summed E-state index contributed by atoms with van der Waals surface area (Å²) in [6.07, 6.45) is 11.3. The Balaban J connectivity index is 1.76. The normalized spacial score (nSPS) is 25.4. The summed E-state index contributed by atoms with van der Waals surface area (Å²) in [4.78, 5) is 0. The summed E-state index contributed by atoms with van der Waals surface area (Å²) < 4.78 is 59.0. The van der Waals surface area contributed by atoms with Gasteiger partial charge in [-0.05, 0) is 87.4 Å². The van der Waals surface area contributed by atoms with Gasteiger partial charge < -0.3 is 10.1 Å². The SMILES string of the molecule is FC1=CC=CCC(C(CC2CCNCC2)OC2=C/CC=C(C(F)(F)F)C/C=C\2)=C1. The summed E-state index contributed by atoms with van der Waals surface area (Å²) in [5, 5.41) is 3.34. The first kappa shape index (κ1) is 21.6. The zero-order valence-corrected chi connectivity index (χ0v) is 16.4. The Morgan fingerprint density at radius 1 is 1.10 bits per heavy atom. The van der Waals surface area contributed by atoms with Gasteiger partial charge in [0.25, 0.3) is 0 Å². The highest BCUT2D eigenvalue weighted by Gasteiger charge is 2.32. The van der Waals surface area contributed by atoms with E-state index in [4.69, 9.17) is 4.74 Å². The summed E-state index contributed by atoms with van der Waals surface area (Å²) >= 11 is 0. The van der Waals surface area contributed by atoms with Crippen molar-refractivity contribution in [3.63, 3.8) is 0 Å². The molecule has 0 aromatic heterocycles. The van der Waals surface area contributed by atoms with Crippen molar-refractivity contribution in [2.75, 3.05) is 13.1 Å². The number of rotatable bonds is 5. The molecule has 0 saturated carbocycles. The molecule has 0 spiro atoms. The van der Waals surface area contributed by atoms with Gasteiger partial charge in [0.15, 0.2) is 0 Å². The van der Waals surface area contributed by atoms with Gasteiger partial charge in [-0.3, -0.25) is 0 Å². The van der Waals surface area contributed by atoms with Crippen molar-refractivity contribution >= 4 is 0 Å². The summed E-state index contributed by atoms with van der Waals surface area (Å²) in [6, 6.07) is 0. The lowest BCUT2D eigenvalue weighted by molar-refractivity contribution is -0.0931. The molecule has 29 heavy (non-hydrogen) atoms. The summed E-state index contributed by atoms with van der Waals surface area (Å²) in [5.74, 6) is 0.698. The van der Waals surface area contributed by atoms with Crippen LogP contribution in [-0.2, 0) is 4.74 Å². The fourth-order valence-electron chi connectivity index (χ4n) is 3.82. The van der Waals surface area contributed by atoms with Crippen LogP contribution in [0.4, 0.5) is 17.6 Å². The van der Waals surface area contributed by atoms with Gasteiger partial charge in [-0.1, -0.05) is 24.3 Å². The first-order valence-electron chi connectivity index (χ1n) is 10.1. The lowest BCUT2D eigenvalue weighted by Crippen LogP contribution is -2.31. The predicted molar refractivity (Wildman–Crippen MR) is 107 cm³/mol. The summed E-state index contributed by atoms with van der Waals surface area (Å²) in [5.41, 5.74) is 0.313. The number of hydrogen-bond acceptors (Lipinski definition) is 2. The number of piperidine rings is 1. The molecule has 1 unspecified atom stereocenters. The standard InChI is InChI=1S/C23H27F4NO/c24-20-8-2-1-5-18(16-20)22(15-17-11-13-28-14-12-17)29-21-9-3-6-19(7-4-10-21)23(25,26)27/h1-3,7-10,16-17,22,28H,4-6,11-15H2/b9-3-,19-7?,21-10+. The van der Waals surface area contributed by atoms with Crippen LogP contribution in [0, 0.1) is 5.92 Å². The topological polar surface area (TPSA) is 21.3 Å². The molecule has 0 aromatic rings. The highest BCUT2D eigenvalue weighted by molar-refractivity contribution is 5.31. The maximum absolute atomic E-state index is 14.0. The third kappa shape index (κ3) is 6.74. The van der Waals surface area contributed by atoms with E-state index in [1.807, 2.05) is 6.08 Å². The molecule has 1 saturated heterocycles. The first-order chi connectivity index (χ1) is 13.9. The maximum Gasteiger partial charge on any atom is 0.412 e. The molecule has 0 bridgehead atoms. The van der Waals surface area contributed by atoms with E-state index in [2.05, 4.69) is 5.32 Å². The quantitative estimate of drug-likeness (QED) is 0.430. The van der Waals surface area contributed by atoms with Gasteiger partial charge in [-0.2, -0.15) is 13.2 Å². The number of halogens is 4. The van der Waals surface area contributed by atoms with Crippen molar-refractivity contribution in [2.24, 2.45) is 5.92 Å². The fraction of sp³-hybridized carbons (Fsp3) is 0.478. The van der Waals surface area contributed by atoms with Crippen molar-refractivity contribution in [3.05, 3.63) is 71.3 Å². The second kappa shape index (κ2) is 10.1. The van der Waals surface area contributed by atoms with Crippen LogP contribution in [0.3, 0.4) is 0 Å².